The van der Waals surface area contributed by atoms with E-state index in [4.69, 9.17) is 21.1 Å². The number of likely N-dealkylation sites (N-methyl/N-ethyl adjacent to an activating group) is 1. The fourth-order valence-corrected chi connectivity index (χ4v) is 4.64. The van der Waals surface area contributed by atoms with E-state index in [1.165, 1.54) is 16.2 Å². The highest BCUT2D eigenvalue weighted by Crippen LogP contribution is 2.35. The highest BCUT2D eigenvalue weighted by atomic mass is 35.5. The van der Waals surface area contributed by atoms with Gasteiger partial charge in [0.05, 0.1) is 30.1 Å². The van der Waals surface area contributed by atoms with E-state index in [9.17, 15) is 9.59 Å². The molecule has 3 rings (SSSR count). The summed E-state index contributed by atoms with van der Waals surface area (Å²) in [6.07, 6.45) is 0.806. The summed E-state index contributed by atoms with van der Waals surface area (Å²) in [5, 5.41) is 3.99. The number of carbonyl (C=O) groups excluding carboxylic acids is 2. The Labute approximate surface area is 173 Å². The number of halogens is 1. The van der Waals surface area contributed by atoms with Crippen molar-refractivity contribution < 1.29 is 24.0 Å². The number of ether oxygens (including phenoxy) is 2. The van der Waals surface area contributed by atoms with Crippen molar-refractivity contribution in [1.29, 1.82) is 0 Å². The van der Waals surface area contributed by atoms with Gasteiger partial charge in [0.2, 0.25) is 0 Å². The predicted octanol–water partition coefficient (Wildman–Crippen LogP) is 2.56. The van der Waals surface area contributed by atoms with Crippen molar-refractivity contribution in [2.45, 2.75) is 26.8 Å². The van der Waals surface area contributed by atoms with E-state index < -0.39 is 0 Å². The van der Waals surface area contributed by atoms with Crippen LogP contribution in [0.1, 0.15) is 34.6 Å². The SMILES string of the molecule is CCOC(=O)c1c(NC(=O)COc2ccc(Cl)cc2)sc2c1CC[NH+](CC)C2. The molecule has 1 aromatic carbocycles. The lowest BCUT2D eigenvalue weighted by Gasteiger charge is -2.22. The van der Waals surface area contributed by atoms with Crippen LogP contribution in [0.3, 0.4) is 0 Å². The van der Waals surface area contributed by atoms with Gasteiger partial charge in [-0.1, -0.05) is 11.6 Å². The van der Waals surface area contributed by atoms with E-state index >= 15 is 0 Å². The summed E-state index contributed by atoms with van der Waals surface area (Å²) in [5.41, 5.74) is 1.51. The molecule has 6 nitrogen and oxygen atoms in total. The first-order chi connectivity index (χ1) is 13.5. The van der Waals surface area contributed by atoms with Crippen LogP contribution < -0.4 is 15.0 Å². The molecule has 1 aromatic heterocycles. The van der Waals surface area contributed by atoms with Gasteiger partial charge in [-0.2, -0.15) is 0 Å². The second kappa shape index (κ2) is 9.41. The Hall–Kier alpha value is -2.09. The topological polar surface area (TPSA) is 69.1 Å². The third kappa shape index (κ3) is 4.84. The number of anilines is 1. The number of hydrogen-bond acceptors (Lipinski definition) is 5. The van der Waals surface area contributed by atoms with Gasteiger partial charge in [-0.25, -0.2) is 4.79 Å². The van der Waals surface area contributed by atoms with Crippen LogP contribution >= 0.6 is 22.9 Å². The monoisotopic (exact) mass is 423 g/mol. The molecule has 1 aliphatic rings. The van der Waals surface area contributed by atoms with Crippen molar-refractivity contribution in [3.8, 4) is 5.75 Å². The van der Waals surface area contributed by atoms with Crippen molar-refractivity contribution in [3.63, 3.8) is 0 Å². The third-order valence-corrected chi connectivity index (χ3v) is 6.05. The average molecular weight is 424 g/mol. The maximum Gasteiger partial charge on any atom is 0.341 e. The zero-order chi connectivity index (χ0) is 20.1. The third-order valence-electron chi connectivity index (χ3n) is 4.65. The smallest absolute Gasteiger partial charge is 0.341 e. The van der Waals surface area contributed by atoms with Crippen molar-refractivity contribution >= 4 is 39.8 Å². The van der Waals surface area contributed by atoms with Crippen molar-refractivity contribution in [3.05, 3.63) is 45.3 Å². The Balaban J connectivity index is 1.74. The molecular weight excluding hydrogens is 400 g/mol. The van der Waals surface area contributed by atoms with E-state index in [-0.39, 0.29) is 18.5 Å². The number of quaternary nitrogens is 1. The van der Waals surface area contributed by atoms with Gasteiger partial charge < -0.3 is 19.7 Å². The number of nitrogens with one attached hydrogen (secondary N) is 2. The summed E-state index contributed by atoms with van der Waals surface area (Å²) in [5.74, 6) is -0.148. The van der Waals surface area contributed by atoms with Crippen molar-refractivity contribution in [2.75, 3.05) is 31.6 Å². The number of fused-ring (bicyclic) bond motifs is 1. The Bertz CT molecular complexity index is 851. The van der Waals surface area contributed by atoms with E-state index in [1.54, 1.807) is 31.2 Å². The predicted molar refractivity (Wildman–Crippen MR) is 110 cm³/mol. The first-order valence-electron chi connectivity index (χ1n) is 9.35. The summed E-state index contributed by atoms with van der Waals surface area (Å²) in [7, 11) is 0. The molecular formula is C20H24ClN2O4S+. The van der Waals surface area contributed by atoms with Crippen LogP contribution in [0, 0.1) is 0 Å². The molecule has 1 aliphatic heterocycles. The molecule has 1 amide bonds. The molecule has 150 valence electrons. The summed E-state index contributed by atoms with van der Waals surface area (Å²) in [6.45, 7) is 6.93. The number of esters is 1. The summed E-state index contributed by atoms with van der Waals surface area (Å²) in [4.78, 5) is 27.5. The Morgan fingerprint density at radius 3 is 2.68 bits per heavy atom. The quantitative estimate of drug-likeness (QED) is 0.671. The van der Waals surface area contributed by atoms with Crippen molar-refractivity contribution in [1.82, 2.24) is 0 Å². The van der Waals surface area contributed by atoms with E-state index in [2.05, 4.69) is 12.2 Å². The van der Waals surface area contributed by atoms with Gasteiger partial charge in [0.15, 0.2) is 6.61 Å². The minimum atomic E-state index is -0.381. The van der Waals surface area contributed by atoms with Gasteiger partial charge in [0, 0.05) is 11.4 Å². The number of amides is 1. The van der Waals surface area contributed by atoms with Gasteiger partial charge >= 0.3 is 5.97 Å². The zero-order valence-corrected chi connectivity index (χ0v) is 17.5. The van der Waals surface area contributed by atoms with Crippen LogP contribution in [-0.2, 0) is 22.5 Å². The lowest BCUT2D eigenvalue weighted by Crippen LogP contribution is -3.11. The van der Waals surface area contributed by atoms with Gasteiger partial charge in [0.1, 0.15) is 17.3 Å². The molecule has 0 spiro atoms. The Morgan fingerprint density at radius 2 is 2.00 bits per heavy atom. The fourth-order valence-electron chi connectivity index (χ4n) is 3.19. The lowest BCUT2D eigenvalue weighted by molar-refractivity contribution is -0.913. The van der Waals surface area contributed by atoms with Crippen LogP contribution in [0.15, 0.2) is 24.3 Å². The molecule has 0 saturated heterocycles. The van der Waals surface area contributed by atoms with E-state index in [0.29, 0.717) is 27.9 Å². The van der Waals surface area contributed by atoms with E-state index in [1.807, 2.05) is 0 Å². The second-order valence-corrected chi connectivity index (χ2v) is 8.04. The number of rotatable bonds is 7. The molecule has 0 bridgehead atoms. The molecule has 2 N–H and O–H groups in total. The zero-order valence-electron chi connectivity index (χ0n) is 16.0. The van der Waals surface area contributed by atoms with Crippen molar-refractivity contribution in [2.24, 2.45) is 0 Å². The molecule has 8 heteroatoms. The molecule has 2 aromatic rings. The van der Waals surface area contributed by atoms with Gasteiger partial charge in [-0.05, 0) is 43.7 Å². The molecule has 2 heterocycles. The molecule has 1 unspecified atom stereocenters. The van der Waals surface area contributed by atoms with Gasteiger partial charge in [-0.3, -0.25) is 4.79 Å². The maximum atomic E-state index is 12.5. The van der Waals surface area contributed by atoms with E-state index in [0.717, 1.165) is 36.5 Å². The molecule has 1 atom stereocenters. The van der Waals surface area contributed by atoms with Crippen LogP contribution in [0.5, 0.6) is 5.75 Å². The molecule has 0 saturated carbocycles. The van der Waals surface area contributed by atoms with Crippen LogP contribution in [0.25, 0.3) is 0 Å². The Morgan fingerprint density at radius 1 is 1.25 bits per heavy atom. The summed E-state index contributed by atoms with van der Waals surface area (Å²) in [6, 6.07) is 6.79. The molecule has 28 heavy (non-hydrogen) atoms. The molecule has 0 aliphatic carbocycles. The fraction of sp³-hybridized carbons (Fsp3) is 0.400. The largest absolute Gasteiger partial charge is 0.484 e. The summed E-state index contributed by atoms with van der Waals surface area (Å²) < 4.78 is 10.7. The minimum absolute atomic E-state index is 0.154. The highest BCUT2D eigenvalue weighted by Gasteiger charge is 2.30. The standard InChI is InChI=1S/C20H23ClN2O4S/c1-3-23-10-9-15-16(11-23)28-19(18(15)20(25)26-4-2)22-17(24)12-27-14-7-5-13(21)6-8-14/h5-8H,3-4,9-12H2,1-2H3,(H,22,24)/p+1. The number of thiophene rings is 1. The first kappa shape index (κ1) is 20.6. The first-order valence-corrected chi connectivity index (χ1v) is 10.5. The normalized spacial score (nSPS) is 15.6. The molecule has 0 radical (unpaired) electrons. The van der Waals surface area contributed by atoms with Crippen LogP contribution in [-0.4, -0.2) is 38.2 Å². The maximum absolute atomic E-state index is 12.5. The van der Waals surface area contributed by atoms with Crippen LogP contribution in [0.4, 0.5) is 5.00 Å². The Kier molecular flexibility index (Phi) is 6.93. The highest BCUT2D eigenvalue weighted by molar-refractivity contribution is 7.17. The second-order valence-electron chi connectivity index (χ2n) is 6.50. The number of carbonyl (C=O) groups is 2. The number of hydrogen-bond donors (Lipinski definition) is 2. The van der Waals surface area contributed by atoms with Gasteiger partial charge in [0.25, 0.3) is 5.91 Å². The summed E-state index contributed by atoms with van der Waals surface area (Å²) >= 11 is 7.31. The minimum Gasteiger partial charge on any atom is -0.484 e. The van der Waals surface area contributed by atoms with Gasteiger partial charge in [-0.15, -0.1) is 11.3 Å². The lowest BCUT2D eigenvalue weighted by atomic mass is 10.0. The average Bonchev–Trinajstić information content (AvgIpc) is 3.04. The van der Waals surface area contributed by atoms with Crippen LogP contribution in [0.2, 0.25) is 5.02 Å². The number of benzene rings is 1. The molecule has 0 fully saturated rings.